The first kappa shape index (κ1) is 26.3. The fourth-order valence-corrected chi connectivity index (χ4v) is 5.39. The molecule has 10 nitrogen and oxygen atoms in total. The summed E-state index contributed by atoms with van der Waals surface area (Å²) < 4.78 is 8.34. The quantitative estimate of drug-likeness (QED) is 0.122. The lowest BCUT2D eigenvalue weighted by molar-refractivity contribution is -0.479. The number of aromatic nitrogens is 3. The van der Waals surface area contributed by atoms with Crippen molar-refractivity contribution >= 4 is 33.4 Å². The Bertz CT molecular complexity index is 1460. The number of rotatable bonds is 10. The first-order valence-electron chi connectivity index (χ1n) is 11.1. The van der Waals surface area contributed by atoms with E-state index in [-0.39, 0.29) is 23.8 Å². The maximum Gasteiger partial charge on any atom is 0.269 e. The van der Waals surface area contributed by atoms with Crippen LogP contribution in [0.5, 0.6) is 5.75 Å². The molecule has 0 amide bonds. The fraction of sp³-hybridized carbons (Fsp3) is 0.200. The van der Waals surface area contributed by atoms with E-state index in [1.54, 1.807) is 30.3 Å². The van der Waals surface area contributed by atoms with Gasteiger partial charge in [-0.15, -0.1) is 10.2 Å². The van der Waals surface area contributed by atoms with Crippen LogP contribution >= 0.6 is 27.7 Å². The van der Waals surface area contributed by atoms with Crippen LogP contribution in [0.1, 0.15) is 27.8 Å². The van der Waals surface area contributed by atoms with Crippen molar-refractivity contribution < 1.29 is 14.6 Å². The smallest absolute Gasteiger partial charge is 0.269 e. The summed E-state index contributed by atoms with van der Waals surface area (Å²) in [4.78, 5) is 21.7. The van der Waals surface area contributed by atoms with Crippen LogP contribution in [0.2, 0.25) is 0 Å². The fourth-order valence-electron chi connectivity index (χ4n) is 3.71. The number of ether oxygens (including phenoxy) is 1. The zero-order chi connectivity index (χ0) is 26.5. The van der Waals surface area contributed by atoms with Gasteiger partial charge in [0.15, 0.2) is 5.16 Å². The van der Waals surface area contributed by atoms with Gasteiger partial charge in [0.1, 0.15) is 23.4 Å². The molecule has 1 heterocycles. The van der Waals surface area contributed by atoms with Crippen LogP contribution in [-0.2, 0) is 6.61 Å². The molecule has 4 rings (SSSR count). The molecule has 37 heavy (non-hydrogen) atoms. The highest BCUT2D eigenvalue weighted by atomic mass is 79.9. The van der Waals surface area contributed by atoms with Crippen LogP contribution in [-0.4, -0.2) is 31.2 Å². The molecule has 0 aliphatic carbocycles. The number of thioether (sulfide) groups is 1. The van der Waals surface area contributed by atoms with Crippen molar-refractivity contribution in [3.05, 3.63) is 114 Å². The molecule has 0 aliphatic rings. The van der Waals surface area contributed by atoms with Crippen LogP contribution in [0.15, 0.2) is 76.4 Å². The molecule has 0 spiro atoms. The molecule has 0 bridgehead atoms. The van der Waals surface area contributed by atoms with Crippen molar-refractivity contribution in [2.75, 3.05) is 6.54 Å². The van der Waals surface area contributed by atoms with Gasteiger partial charge in [-0.3, -0.25) is 24.8 Å². The van der Waals surface area contributed by atoms with Gasteiger partial charge in [-0.1, -0.05) is 42.1 Å². The summed E-state index contributed by atoms with van der Waals surface area (Å²) in [6.07, 6.45) is 0. The van der Waals surface area contributed by atoms with Crippen LogP contribution in [0.4, 0.5) is 5.69 Å². The number of nitrogens with zero attached hydrogens (tertiary/aromatic N) is 5. The largest absolute Gasteiger partial charge is 0.488 e. The molecular formula is C25H22BrN5O5S. The van der Waals surface area contributed by atoms with E-state index in [9.17, 15) is 20.2 Å². The lowest BCUT2D eigenvalue weighted by Crippen LogP contribution is -2.11. The highest BCUT2D eigenvalue weighted by molar-refractivity contribution is 9.10. The second-order valence-corrected chi connectivity index (χ2v) is 10.3. The van der Waals surface area contributed by atoms with E-state index in [1.165, 1.54) is 23.9 Å². The number of nitro groups is 2. The molecular weight excluding hydrogens is 562 g/mol. The number of aryl methyl sites for hydroxylation is 2. The van der Waals surface area contributed by atoms with Gasteiger partial charge in [0.2, 0.25) is 6.54 Å². The van der Waals surface area contributed by atoms with Crippen LogP contribution < -0.4 is 4.74 Å². The molecule has 0 fully saturated rings. The number of hydrogen-bond donors (Lipinski definition) is 0. The Morgan fingerprint density at radius 2 is 1.81 bits per heavy atom. The van der Waals surface area contributed by atoms with E-state index in [2.05, 4.69) is 26.1 Å². The van der Waals surface area contributed by atoms with Gasteiger partial charge in [-0.05, 0) is 70.7 Å². The predicted molar refractivity (Wildman–Crippen MR) is 143 cm³/mol. The SMILES string of the molecule is Cc1cccc(-n2c(C)nnc2S[C@@H](C[N+](=O)[O-])c2ccc(OCc3cccc([N+](=O)[O-])c3)c(Br)c2)c1. The van der Waals surface area contributed by atoms with Crippen molar-refractivity contribution in [1.82, 2.24) is 14.8 Å². The second-order valence-electron chi connectivity index (χ2n) is 8.23. The summed E-state index contributed by atoms with van der Waals surface area (Å²) in [6, 6.07) is 19.4. The van der Waals surface area contributed by atoms with Gasteiger partial charge >= 0.3 is 0 Å². The van der Waals surface area contributed by atoms with E-state index in [4.69, 9.17) is 4.74 Å². The average molecular weight is 584 g/mol. The van der Waals surface area contributed by atoms with Crippen molar-refractivity contribution in [3.8, 4) is 11.4 Å². The van der Waals surface area contributed by atoms with Gasteiger partial charge in [0, 0.05) is 22.7 Å². The second kappa shape index (κ2) is 11.5. The van der Waals surface area contributed by atoms with Gasteiger partial charge in [0.25, 0.3) is 5.69 Å². The third-order valence-corrected chi connectivity index (χ3v) is 7.26. The molecule has 12 heteroatoms. The summed E-state index contributed by atoms with van der Waals surface area (Å²) >= 11 is 4.77. The molecule has 4 aromatic rings. The first-order valence-corrected chi connectivity index (χ1v) is 12.8. The van der Waals surface area contributed by atoms with Crippen LogP contribution in [0.25, 0.3) is 5.69 Å². The van der Waals surface area contributed by atoms with Crippen molar-refractivity contribution in [1.29, 1.82) is 0 Å². The molecule has 0 saturated heterocycles. The molecule has 0 radical (unpaired) electrons. The first-order chi connectivity index (χ1) is 17.7. The molecule has 0 unspecified atom stereocenters. The molecule has 190 valence electrons. The minimum atomic E-state index is -0.538. The summed E-state index contributed by atoms with van der Waals surface area (Å²) in [5.41, 5.74) is 3.32. The summed E-state index contributed by atoms with van der Waals surface area (Å²) in [7, 11) is 0. The van der Waals surface area contributed by atoms with E-state index in [0.717, 1.165) is 11.3 Å². The van der Waals surface area contributed by atoms with Crippen LogP contribution in [0.3, 0.4) is 0 Å². The lowest BCUT2D eigenvalue weighted by Gasteiger charge is -2.16. The Kier molecular flexibility index (Phi) is 8.19. The van der Waals surface area contributed by atoms with Gasteiger partial charge in [0.05, 0.1) is 9.40 Å². The highest BCUT2D eigenvalue weighted by Crippen LogP contribution is 2.39. The number of benzene rings is 3. The zero-order valence-corrected chi connectivity index (χ0v) is 22.3. The minimum absolute atomic E-state index is 0.0103. The van der Waals surface area contributed by atoms with E-state index in [1.807, 2.05) is 42.7 Å². The molecule has 1 aromatic heterocycles. The van der Waals surface area contributed by atoms with Gasteiger partial charge in [-0.2, -0.15) is 0 Å². The predicted octanol–water partition coefficient (Wildman–Crippen LogP) is 6.24. The topological polar surface area (TPSA) is 126 Å². The Hall–Kier alpha value is -3.77. The Morgan fingerprint density at radius 1 is 1.03 bits per heavy atom. The highest BCUT2D eigenvalue weighted by Gasteiger charge is 2.24. The van der Waals surface area contributed by atoms with Crippen molar-refractivity contribution in [2.24, 2.45) is 0 Å². The normalized spacial score (nSPS) is 11.8. The van der Waals surface area contributed by atoms with Gasteiger partial charge < -0.3 is 4.74 Å². The standard InChI is InChI=1S/C25H22BrN5O5S/c1-16-5-3-7-20(11-16)30-17(2)27-28-25(30)37-24(14-29(32)33)19-9-10-23(22(26)13-19)36-15-18-6-4-8-21(12-18)31(34)35/h3-13,24H,14-15H2,1-2H3/t24-/m0/s1. The monoisotopic (exact) mass is 583 g/mol. The van der Waals surface area contributed by atoms with Crippen molar-refractivity contribution in [2.45, 2.75) is 30.9 Å². The van der Waals surface area contributed by atoms with E-state index < -0.39 is 10.2 Å². The lowest BCUT2D eigenvalue weighted by atomic mass is 10.1. The number of nitro benzene ring substituents is 1. The third-order valence-electron chi connectivity index (χ3n) is 5.46. The molecule has 1 atom stereocenters. The van der Waals surface area contributed by atoms with Gasteiger partial charge in [-0.25, -0.2) is 0 Å². The Balaban J connectivity index is 1.56. The molecule has 0 N–H and O–H groups in total. The average Bonchev–Trinajstić information content (AvgIpc) is 3.22. The number of hydrogen-bond acceptors (Lipinski definition) is 8. The summed E-state index contributed by atoms with van der Waals surface area (Å²) in [5, 5.41) is 31.0. The van der Waals surface area contributed by atoms with E-state index >= 15 is 0 Å². The van der Waals surface area contributed by atoms with Crippen LogP contribution in [0, 0.1) is 34.1 Å². The van der Waals surface area contributed by atoms with E-state index in [0.29, 0.717) is 32.3 Å². The Labute approximate surface area is 225 Å². The minimum Gasteiger partial charge on any atom is -0.488 e. The summed E-state index contributed by atoms with van der Waals surface area (Å²) in [5.74, 6) is 1.19. The summed E-state index contributed by atoms with van der Waals surface area (Å²) in [6.45, 7) is 3.65. The number of non-ortho nitro benzene ring substituents is 1. The zero-order valence-electron chi connectivity index (χ0n) is 19.9. The maximum atomic E-state index is 11.5. The maximum absolute atomic E-state index is 11.5. The number of halogens is 1. The molecule has 0 saturated carbocycles. The molecule has 3 aromatic carbocycles. The Morgan fingerprint density at radius 3 is 2.51 bits per heavy atom. The third kappa shape index (κ3) is 6.52. The van der Waals surface area contributed by atoms with Crippen molar-refractivity contribution in [3.63, 3.8) is 0 Å². The molecule has 0 aliphatic heterocycles.